The van der Waals surface area contributed by atoms with Crippen LogP contribution >= 0.6 is 0 Å². The zero-order valence-electron chi connectivity index (χ0n) is 12.5. The van der Waals surface area contributed by atoms with Gasteiger partial charge in [-0.25, -0.2) is 4.79 Å². The standard InChI is InChI=1S/C15H28N2O2/c1-4-5-12-8-13(16-15(18)19-3)10-17(9-12)14-7-6-11(14)2/h11-14H,4-10H2,1-3H3,(H,16,18). The molecule has 1 aliphatic heterocycles. The van der Waals surface area contributed by atoms with Crippen LogP contribution in [-0.4, -0.2) is 43.3 Å². The first kappa shape index (κ1) is 14.6. The second-order valence-corrected chi connectivity index (χ2v) is 6.30. The average molecular weight is 268 g/mol. The number of piperidine rings is 1. The highest BCUT2D eigenvalue weighted by Gasteiger charge is 2.37. The molecule has 0 aromatic rings. The number of rotatable bonds is 4. The van der Waals surface area contributed by atoms with Crippen molar-refractivity contribution in [1.29, 1.82) is 0 Å². The van der Waals surface area contributed by atoms with Crippen molar-refractivity contribution in [2.45, 2.75) is 58.0 Å². The molecule has 0 aromatic carbocycles. The number of carbonyl (C=O) groups excluding carboxylic acids is 1. The second kappa shape index (κ2) is 6.60. The van der Waals surface area contributed by atoms with Gasteiger partial charge in [0.25, 0.3) is 0 Å². The van der Waals surface area contributed by atoms with Crippen LogP contribution in [0.2, 0.25) is 0 Å². The first-order valence-corrected chi connectivity index (χ1v) is 7.72. The summed E-state index contributed by atoms with van der Waals surface area (Å²) in [6.45, 7) is 6.79. The van der Waals surface area contributed by atoms with Crippen LogP contribution in [0, 0.1) is 11.8 Å². The summed E-state index contributed by atoms with van der Waals surface area (Å²) in [5.74, 6) is 1.54. The summed E-state index contributed by atoms with van der Waals surface area (Å²) >= 11 is 0. The van der Waals surface area contributed by atoms with Crippen LogP contribution in [0.3, 0.4) is 0 Å². The van der Waals surface area contributed by atoms with Crippen LogP contribution in [0.1, 0.15) is 46.0 Å². The lowest BCUT2D eigenvalue weighted by atomic mass is 9.78. The lowest BCUT2D eigenvalue weighted by molar-refractivity contribution is 0.0210. The van der Waals surface area contributed by atoms with Crippen molar-refractivity contribution < 1.29 is 9.53 Å². The lowest BCUT2D eigenvalue weighted by Gasteiger charge is -2.48. The summed E-state index contributed by atoms with van der Waals surface area (Å²) in [6, 6.07) is 0.993. The van der Waals surface area contributed by atoms with E-state index < -0.39 is 0 Å². The smallest absolute Gasteiger partial charge is 0.407 e. The number of amides is 1. The number of ether oxygens (including phenoxy) is 1. The van der Waals surface area contributed by atoms with Gasteiger partial charge in [-0.15, -0.1) is 0 Å². The maximum atomic E-state index is 11.4. The molecule has 0 aromatic heterocycles. The minimum Gasteiger partial charge on any atom is -0.453 e. The fourth-order valence-corrected chi connectivity index (χ4v) is 3.65. The monoisotopic (exact) mass is 268 g/mol. The van der Waals surface area contributed by atoms with Gasteiger partial charge in [-0.1, -0.05) is 20.3 Å². The SMILES string of the molecule is CCCC1CC(NC(=O)OC)CN(C2CCC2C)C1. The minimum atomic E-state index is -0.288. The Kier molecular flexibility index (Phi) is 5.08. The van der Waals surface area contributed by atoms with Crippen LogP contribution < -0.4 is 5.32 Å². The molecule has 4 nitrogen and oxygen atoms in total. The largest absolute Gasteiger partial charge is 0.453 e. The van der Waals surface area contributed by atoms with E-state index in [1.807, 2.05) is 0 Å². The molecule has 2 rings (SSSR count). The van der Waals surface area contributed by atoms with Crippen LogP contribution in [0.4, 0.5) is 4.79 Å². The van der Waals surface area contributed by atoms with Crippen molar-refractivity contribution in [3.8, 4) is 0 Å². The molecule has 1 saturated carbocycles. The molecule has 1 aliphatic carbocycles. The fraction of sp³-hybridized carbons (Fsp3) is 0.933. The maximum Gasteiger partial charge on any atom is 0.407 e. The summed E-state index contributed by atoms with van der Waals surface area (Å²) in [5, 5.41) is 3.00. The number of hydrogen-bond donors (Lipinski definition) is 1. The van der Waals surface area contributed by atoms with Crippen LogP contribution in [-0.2, 0) is 4.74 Å². The zero-order valence-corrected chi connectivity index (χ0v) is 12.5. The molecule has 2 aliphatic rings. The molecular weight excluding hydrogens is 240 g/mol. The van der Waals surface area contributed by atoms with E-state index in [2.05, 4.69) is 24.1 Å². The maximum absolute atomic E-state index is 11.4. The van der Waals surface area contributed by atoms with Gasteiger partial charge < -0.3 is 10.1 Å². The van der Waals surface area contributed by atoms with E-state index in [1.54, 1.807) is 0 Å². The lowest BCUT2D eigenvalue weighted by Crippen LogP contribution is -2.57. The second-order valence-electron chi connectivity index (χ2n) is 6.30. The van der Waals surface area contributed by atoms with Gasteiger partial charge in [0.05, 0.1) is 7.11 Å². The predicted molar refractivity (Wildman–Crippen MR) is 76.1 cm³/mol. The number of alkyl carbamates (subject to hydrolysis) is 1. The molecule has 4 atom stereocenters. The summed E-state index contributed by atoms with van der Waals surface area (Å²) in [7, 11) is 1.44. The summed E-state index contributed by atoms with van der Waals surface area (Å²) in [4.78, 5) is 14.0. The molecule has 19 heavy (non-hydrogen) atoms. The van der Waals surface area contributed by atoms with Crippen LogP contribution in [0.5, 0.6) is 0 Å². The normalized spacial score (nSPS) is 35.5. The van der Waals surface area contributed by atoms with Gasteiger partial charge >= 0.3 is 6.09 Å². The third-order valence-corrected chi connectivity index (χ3v) is 4.81. The number of nitrogens with zero attached hydrogens (tertiary/aromatic N) is 1. The van der Waals surface area contributed by atoms with Crippen molar-refractivity contribution in [3.05, 3.63) is 0 Å². The number of nitrogens with one attached hydrogen (secondary N) is 1. The first-order chi connectivity index (χ1) is 9.13. The third kappa shape index (κ3) is 3.62. The van der Waals surface area contributed by atoms with Gasteiger partial charge in [-0.05, 0) is 37.5 Å². The molecule has 4 unspecified atom stereocenters. The Morgan fingerprint density at radius 3 is 2.68 bits per heavy atom. The Labute approximate surface area is 116 Å². The summed E-state index contributed by atoms with van der Waals surface area (Å²) in [5.41, 5.74) is 0. The minimum absolute atomic E-state index is 0.255. The molecule has 0 spiro atoms. The molecule has 1 heterocycles. The van der Waals surface area contributed by atoms with Crippen LogP contribution in [0.15, 0.2) is 0 Å². The molecule has 110 valence electrons. The summed E-state index contributed by atoms with van der Waals surface area (Å²) < 4.78 is 4.74. The molecule has 0 radical (unpaired) electrons. The van der Waals surface area contributed by atoms with Gasteiger partial charge in [-0.2, -0.15) is 0 Å². The molecule has 4 heteroatoms. The quantitative estimate of drug-likeness (QED) is 0.852. The van der Waals surface area contributed by atoms with E-state index in [0.717, 1.165) is 24.9 Å². The highest BCUT2D eigenvalue weighted by molar-refractivity contribution is 5.67. The number of carbonyl (C=O) groups is 1. The van der Waals surface area contributed by atoms with Crippen molar-refractivity contribution in [2.24, 2.45) is 11.8 Å². The molecule has 1 amide bonds. The van der Waals surface area contributed by atoms with Crippen LogP contribution in [0.25, 0.3) is 0 Å². The molecular formula is C15H28N2O2. The highest BCUT2D eigenvalue weighted by atomic mass is 16.5. The van der Waals surface area contributed by atoms with Crippen molar-refractivity contribution in [3.63, 3.8) is 0 Å². The first-order valence-electron chi connectivity index (χ1n) is 7.72. The van der Waals surface area contributed by atoms with E-state index in [-0.39, 0.29) is 12.1 Å². The number of likely N-dealkylation sites (tertiary alicyclic amines) is 1. The predicted octanol–water partition coefficient (Wildman–Crippen LogP) is 2.63. The average Bonchev–Trinajstić information content (AvgIpc) is 2.37. The molecule has 0 bridgehead atoms. The van der Waals surface area contributed by atoms with E-state index in [4.69, 9.17) is 4.74 Å². The van der Waals surface area contributed by atoms with Gasteiger partial charge in [0.15, 0.2) is 0 Å². The molecule has 2 fully saturated rings. The Bertz CT molecular complexity index is 309. The van der Waals surface area contributed by atoms with E-state index in [1.165, 1.54) is 39.3 Å². The molecule has 1 saturated heterocycles. The third-order valence-electron chi connectivity index (χ3n) is 4.81. The zero-order chi connectivity index (χ0) is 13.8. The Balaban J connectivity index is 1.93. The van der Waals surface area contributed by atoms with E-state index >= 15 is 0 Å². The number of methoxy groups -OCH3 is 1. The van der Waals surface area contributed by atoms with Gasteiger partial charge in [0, 0.05) is 25.2 Å². The van der Waals surface area contributed by atoms with Crippen molar-refractivity contribution in [2.75, 3.05) is 20.2 Å². The van der Waals surface area contributed by atoms with E-state index in [9.17, 15) is 4.79 Å². The molecule has 1 N–H and O–H groups in total. The Morgan fingerprint density at radius 2 is 2.16 bits per heavy atom. The Hall–Kier alpha value is -0.770. The van der Waals surface area contributed by atoms with Gasteiger partial charge in [0.2, 0.25) is 0 Å². The van der Waals surface area contributed by atoms with Crippen molar-refractivity contribution >= 4 is 6.09 Å². The van der Waals surface area contributed by atoms with Gasteiger partial charge in [0.1, 0.15) is 0 Å². The van der Waals surface area contributed by atoms with Crippen molar-refractivity contribution in [1.82, 2.24) is 10.2 Å². The van der Waals surface area contributed by atoms with E-state index in [0.29, 0.717) is 5.92 Å². The topological polar surface area (TPSA) is 41.6 Å². The Morgan fingerprint density at radius 1 is 1.37 bits per heavy atom. The summed E-state index contributed by atoms with van der Waals surface area (Å²) in [6.07, 6.45) is 5.98. The number of hydrogen-bond acceptors (Lipinski definition) is 3. The van der Waals surface area contributed by atoms with Gasteiger partial charge in [-0.3, -0.25) is 4.90 Å². The fourth-order valence-electron chi connectivity index (χ4n) is 3.65. The highest BCUT2D eigenvalue weighted by Crippen LogP contribution is 2.35.